The summed E-state index contributed by atoms with van der Waals surface area (Å²) >= 11 is 0. The molecule has 10 heteroatoms. The lowest BCUT2D eigenvalue weighted by molar-refractivity contribution is -0.385. The van der Waals surface area contributed by atoms with E-state index in [1.165, 1.54) is 30.9 Å². The Morgan fingerprint density at radius 3 is 2.55 bits per heavy atom. The normalized spacial score (nSPS) is 15.1. The van der Waals surface area contributed by atoms with Crippen LogP contribution in [0.1, 0.15) is 19.8 Å². The van der Waals surface area contributed by atoms with Crippen LogP contribution in [0.5, 0.6) is 5.75 Å². The second-order valence-electron chi connectivity index (χ2n) is 6.45. The molecule has 0 aliphatic heterocycles. The summed E-state index contributed by atoms with van der Waals surface area (Å²) in [5.74, 6) is 0.322. The number of sulfonamides is 1. The van der Waals surface area contributed by atoms with E-state index in [-0.39, 0.29) is 22.0 Å². The van der Waals surface area contributed by atoms with E-state index in [9.17, 15) is 18.5 Å². The number of non-ortho nitro benzene ring substituents is 1. The minimum atomic E-state index is -4.17. The summed E-state index contributed by atoms with van der Waals surface area (Å²) in [4.78, 5) is 10.2. The van der Waals surface area contributed by atoms with Crippen LogP contribution in [0.15, 0.2) is 64.1 Å². The fourth-order valence-electron chi connectivity index (χ4n) is 2.84. The highest BCUT2D eigenvalue weighted by atomic mass is 32.2. The van der Waals surface area contributed by atoms with Crippen LogP contribution < -0.4 is 14.9 Å². The lowest BCUT2D eigenvalue weighted by atomic mass is 10.3. The molecule has 3 rings (SSSR count). The van der Waals surface area contributed by atoms with Crippen molar-refractivity contribution in [2.75, 3.05) is 17.3 Å². The zero-order valence-corrected chi connectivity index (χ0v) is 16.7. The summed E-state index contributed by atoms with van der Waals surface area (Å²) in [5.41, 5.74) is 4.69. The van der Waals surface area contributed by atoms with Crippen LogP contribution in [0.2, 0.25) is 0 Å². The average Bonchev–Trinajstić information content (AvgIpc) is 3.11. The topological polar surface area (TPSA) is 123 Å². The first-order valence-electron chi connectivity index (χ1n) is 8.74. The number of nitro groups is 1. The van der Waals surface area contributed by atoms with Gasteiger partial charge in [-0.2, -0.15) is 5.10 Å². The number of hydrogen-bond acceptors (Lipinski definition) is 7. The summed E-state index contributed by atoms with van der Waals surface area (Å²) in [6.07, 6.45) is 3.55. The molecule has 0 bridgehead atoms. The number of allylic oxidation sites excluding steroid dienone is 2. The van der Waals surface area contributed by atoms with Crippen LogP contribution in [0.25, 0.3) is 0 Å². The number of hydrogen-bond donors (Lipinski definition) is 2. The number of hydrazone groups is 1. The van der Waals surface area contributed by atoms with Gasteiger partial charge in [0.05, 0.1) is 29.1 Å². The lowest BCUT2D eigenvalue weighted by Gasteiger charge is -2.14. The molecule has 0 fully saturated rings. The number of nitrogens with one attached hydrogen (secondary N) is 2. The highest BCUT2D eigenvalue weighted by molar-refractivity contribution is 7.93. The Kier molecular flexibility index (Phi) is 5.83. The summed E-state index contributed by atoms with van der Waals surface area (Å²) in [6, 6.07) is 10.0. The smallest absolute Gasteiger partial charge is 0.270 e. The molecule has 2 aromatic carbocycles. The first-order valence-corrected chi connectivity index (χ1v) is 10.2. The Morgan fingerprint density at radius 1 is 1.14 bits per heavy atom. The zero-order chi connectivity index (χ0) is 21.0. The van der Waals surface area contributed by atoms with Crippen LogP contribution >= 0.6 is 0 Å². The third-order valence-corrected chi connectivity index (χ3v) is 5.73. The predicted molar refractivity (Wildman–Crippen MR) is 111 cm³/mol. The van der Waals surface area contributed by atoms with Gasteiger partial charge in [-0.3, -0.25) is 20.3 Å². The Morgan fingerprint density at radius 2 is 1.90 bits per heavy atom. The monoisotopic (exact) mass is 416 g/mol. The van der Waals surface area contributed by atoms with Crippen LogP contribution in [0.4, 0.5) is 17.1 Å². The molecule has 0 unspecified atom stereocenters. The van der Waals surface area contributed by atoms with Crippen molar-refractivity contribution in [3.05, 3.63) is 64.2 Å². The SMILES string of the molecule is COc1ccccc1NS(=O)(=O)c1cc([N+](=O)[O-])ccc1N/N=C1/C=C(C)CC1. The van der Waals surface area contributed by atoms with Gasteiger partial charge in [0.15, 0.2) is 0 Å². The van der Waals surface area contributed by atoms with E-state index in [1.54, 1.807) is 18.2 Å². The van der Waals surface area contributed by atoms with Crippen molar-refractivity contribution in [1.82, 2.24) is 0 Å². The molecular formula is C19H20N4O5S. The van der Waals surface area contributed by atoms with E-state index >= 15 is 0 Å². The molecule has 0 heterocycles. The Labute approximate surface area is 168 Å². The molecule has 0 atom stereocenters. The van der Waals surface area contributed by atoms with E-state index in [0.29, 0.717) is 5.75 Å². The largest absolute Gasteiger partial charge is 0.495 e. The van der Waals surface area contributed by atoms with E-state index < -0.39 is 14.9 Å². The zero-order valence-electron chi connectivity index (χ0n) is 15.9. The Balaban J connectivity index is 2.00. The molecule has 9 nitrogen and oxygen atoms in total. The molecule has 2 aromatic rings. The number of anilines is 2. The Bertz CT molecular complexity index is 1110. The van der Waals surface area contributed by atoms with E-state index in [4.69, 9.17) is 4.74 Å². The molecule has 0 radical (unpaired) electrons. The van der Waals surface area contributed by atoms with Crippen LogP contribution in [-0.2, 0) is 10.0 Å². The third kappa shape index (κ3) is 4.72. The van der Waals surface area contributed by atoms with Crippen molar-refractivity contribution >= 4 is 32.8 Å². The molecule has 0 saturated heterocycles. The highest BCUT2D eigenvalue weighted by Gasteiger charge is 2.24. The number of nitrogens with zero attached hydrogens (tertiary/aromatic N) is 2. The van der Waals surface area contributed by atoms with E-state index in [0.717, 1.165) is 24.6 Å². The van der Waals surface area contributed by atoms with E-state index in [2.05, 4.69) is 15.2 Å². The van der Waals surface area contributed by atoms with Crippen LogP contribution in [0, 0.1) is 10.1 Å². The summed E-state index contributed by atoms with van der Waals surface area (Å²) in [7, 11) is -2.75. The third-order valence-electron chi connectivity index (χ3n) is 4.33. The summed E-state index contributed by atoms with van der Waals surface area (Å²) in [5, 5.41) is 15.4. The van der Waals surface area contributed by atoms with Gasteiger partial charge in [0.1, 0.15) is 10.6 Å². The lowest BCUT2D eigenvalue weighted by Crippen LogP contribution is -2.15. The number of benzene rings is 2. The van der Waals surface area contributed by atoms with Gasteiger partial charge >= 0.3 is 0 Å². The number of ether oxygens (including phenoxy) is 1. The first kappa shape index (κ1) is 20.3. The maximum atomic E-state index is 13.0. The maximum absolute atomic E-state index is 13.0. The fourth-order valence-corrected chi connectivity index (χ4v) is 4.09. The van der Waals surface area contributed by atoms with Gasteiger partial charge in [0.2, 0.25) is 0 Å². The van der Waals surface area contributed by atoms with Gasteiger partial charge in [-0.05, 0) is 44.0 Å². The van der Waals surface area contributed by atoms with Crippen molar-refractivity contribution < 1.29 is 18.1 Å². The van der Waals surface area contributed by atoms with E-state index in [1.807, 2.05) is 13.0 Å². The molecule has 0 saturated carbocycles. The molecule has 152 valence electrons. The standard InChI is InChI=1S/C19H20N4O5S/c1-13-7-8-14(11-13)20-21-17-10-9-15(23(24)25)12-19(17)29(26,27)22-16-5-3-4-6-18(16)28-2/h3-6,9-12,21-22H,7-8H2,1-2H3/b20-14+. The molecule has 2 N–H and O–H groups in total. The summed E-state index contributed by atoms with van der Waals surface area (Å²) < 4.78 is 33.6. The molecule has 0 aromatic heterocycles. The van der Waals surface area contributed by atoms with Gasteiger partial charge in [0.25, 0.3) is 15.7 Å². The van der Waals surface area contributed by atoms with Crippen LogP contribution in [-0.4, -0.2) is 26.2 Å². The van der Waals surface area contributed by atoms with Gasteiger partial charge in [-0.15, -0.1) is 0 Å². The van der Waals surface area contributed by atoms with Crippen LogP contribution in [0.3, 0.4) is 0 Å². The molecule has 0 spiro atoms. The number of para-hydroxylation sites is 2. The minimum absolute atomic E-state index is 0.128. The fraction of sp³-hybridized carbons (Fsp3) is 0.211. The Hall–Kier alpha value is -3.40. The highest BCUT2D eigenvalue weighted by Crippen LogP contribution is 2.31. The van der Waals surface area contributed by atoms with Crippen molar-refractivity contribution in [1.29, 1.82) is 0 Å². The van der Waals surface area contributed by atoms with Gasteiger partial charge < -0.3 is 4.74 Å². The van der Waals surface area contributed by atoms with Gasteiger partial charge in [0, 0.05) is 12.1 Å². The molecule has 0 amide bonds. The number of rotatable bonds is 7. The average molecular weight is 416 g/mol. The molecular weight excluding hydrogens is 396 g/mol. The van der Waals surface area contributed by atoms with Crippen molar-refractivity contribution in [3.8, 4) is 5.75 Å². The van der Waals surface area contributed by atoms with Gasteiger partial charge in [-0.1, -0.05) is 17.7 Å². The van der Waals surface area contributed by atoms with Crippen molar-refractivity contribution in [3.63, 3.8) is 0 Å². The molecule has 1 aliphatic carbocycles. The van der Waals surface area contributed by atoms with Crippen molar-refractivity contribution in [2.24, 2.45) is 5.10 Å². The van der Waals surface area contributed by atoms with Gasteiger partial charge in [-0.25, -0.2) is 8.42 Å². The quantitative estimate of drug-likeness (QED) is 0.521. The first-order chi connectivity index (χ1) is 13.8. The molecule has 1 aliphatic rings. The molecule has 29 heavy (non-hydrogen) atoms. The summed E-state index contributed by atoms with van der Waals surface area (Å²) in [6.45, 7) is 1.99. The second-order valence-corrected chi connectivity index (χ2v) is 8.10. The number of nitro benzene ring substituents is 1. The predicted octanol–water partition coefficient (Wildman–Crippen LogP) is 3.91. The second kappa shape index (κ2) is 8.31. The van der Waals surface area contributed by atoms with Crippen molar-refractivity contribution in [2.45, 2.75) is 24.7 Å². The number of methoxy groups -OCH3 is 1. The maximum Gasteiger partial charge on any atom is 0.270 e. The minimum Gasteiger partial charge on any atom is -0.495 e.